The highest BCUT2D eigenvalue weighted by molar-refractivity contribution is 6.35. The average Bonchev–Trinajstić information content (AvgIpc) is 2.31. The third kappa shape index (κ3) is 4.39. The number of ether oxygens (including phenoxy) is 1. The Morgan fingerprint density at radius 2 is 2.06 bits per heavy atom. The summed E-state index contributed by atoms with van der Waals surface area (Å²) < 4.78 is 4.27. The molecule has 3 N–H and O–H groups in total. The van der Waals surface area contributed by atoms with E-state index in [0.717, 1.165) is 7.11 Å². The SMILES string of the molecule is COC(=O)C(CO)NC(=O)C(=O)NCC#N. The Labute approximate surface area is 91.2 Å². The van der Waals surface area contributed by atoms with Gasteiger partial charge in [0.2, 0.25) is 0 Å². The molecule has 0 radical (unpaired) electrons. The van der Waals surface area contributed by atoms with Crippen molar-refractivity contribution in [2.24, 2.45) is 0 Å². The number of nitriles is 1. The van der Waals surface area contributed by atoms with Gasteiger partial charge in [-0.25, -0.2) is 4.79 Å². The summed E-state index contributed by atoms with van der Waals surface area (Å²) in [5.74, 6) is -3.06. The summed E-state index contributed by atoms with van der Waals surface area (Å²) >= 11 is 0. The van der Waals surface area contributed by atoms with Gasteiger partial charge < -0.3 is 20.5 Å². The summed E-state index contributed by atoms with van der Waals surface area (Å²) in [5, 5.41) is 20.8. The fraction of sp³-hybridized carbons (Fsp3) is 0.500. The molecule has 2 amide bonds. The monoisotopic (exact) mass is 229 g/mol. The van der Waals surface area contributed by atoms with Crippen LogP contribution >= 0.6 is 0 Å². The fourth-order valence-electron chi connectivity index (χ4n) is 0.745. The Kier molecular flexibility index (Phi) is 6.23. The van der Waals surface area contributed by atoms with Crippen molar-refractivity contribution >= 4 is 17.8 Å². The van der Waals surface area contributed by atoms with Crippen LogP contribution in [0.2, 0.25) is 0 Å². The summed E-state index contributed by atoms with van der Waals surface area (Å²) in [4.78, 5) is 33.0. The van der Waals surface area contributed by atoms with Crippen LogP contribution in [0.3, 0.4) is 0 Å². The smallest absolute Gasteiger partial charge is 0.330 e. The molecule has 0 spiro atoms. The van der Waals surface area contributed by atoms with Gasteiger partial charge in [0.1, 0.15) is 6.54 Å². The van der Waals surface area contributed by atoms with Gasteiger partial charge >= 0.3 is 17.8 Å². The number of esters is 1. The first-order valence-corrected chi connectivity index (χ1v) is 4.21. The number of nitrogens with one attached hydrogen (secondary N) is 2. The van der Waals surface area contributed by atoms with E-state index < -0.39 is 30.4 Å². The number of hydrogen-bond acceptors (Lipinski definition) is 6. The van der Waals surface area contributed by atoms with Crippen LogP contribution in [0.15, 0.2) is 0 Å². The van der Waals surface area contributed by atoms with Crippen LogP contribution in [0.4, 0.5) is 0 Å². The second-order valence-electron chi connectivity index (χ2n) is 2.57. The van der Waals surface area contributed by atoms with Crippen molar-refractivity contribution in [3.05, 3.63) is 0 Å². The third-order valence-electron chi connectivity index (χ3n) is 1.51. The zero-order valence-corrected chi connectivity index (χ0v) is 8.52. The van der Waals surface area contributed by atoms with Crippen molar-refractivity contribution in [2.75, 3.05) is 20.3 Å². The van der Waals surface area contributed by atoms with E-state index >= 15 is 0 Å². The number of rotatable bonds is 4. The zero-order chi connectivity index (χ0) is 12.6. The lowest BCUT2D eigenvalue weighted by Crippen LogP contribution is -2.49. The van der Waals surface area contributed by atoms with Crippen LogP contribution in [0, 0.1) is 11.3 Å². The minimum atomic E-state index is -1.30. The number of carbonyl (C=O) groups is 3. The molecule has 0 aromatic rings. The highest BCUT2D eigenvalue weighted by Gasteiger charge is 2.23. The summed E-state index contributed by atoms with van der Waals surface area (Å²) in [6, 6.07) is 0.301. The van der Waals surface area contributed by atoms with Gasteiger partial charge in [0.15, 0.2) is 6.04 Å². The lowest BCUT2D eigenvalue weighted by molar-refractivity contribution is -0.147. The maximum atomic E-state index is 11.1. The highest BCUT2D eigenvalue weighted by Crippen LogP contribution is 1.86. The summed E-state index contributed by atoms with van der Waals surface area (Å²) in [6.07, 6.45) is 0. The minimum absolute atomic E-state index is 0.325. The van der Waals surface area contributed by atoms with Gasteiger partial charge in [0, 0.05) is 0 Å². The Morgan fingerprint density at radius 3 is 2.50 bits per heavy atom. The Bertz CT molecular complexity index is 322. The van der Waals surface area contributed by atoms with Crippen molar-refractivity contribution in [1.29, 1.82) is 5.26 Å². The lowest BCUT2D eigenvalue weighted by Gasteiger charge is -2.12. The summed E-state index contributed by atoms with van der Waals surface area (Å²) in [7, 11) is 1.08. The molecule has 0 aromatic heterocycles. The molecule has 0 aliphatic carbocycles. The minimum Gasteiger partial charge on any atom is -0.467 e. The molecule has 88 valence electrons. The molecule has 8 nitrogen and oxygen atoms in total. The second-order valence-corrected chi connectivity index (χ2v) is 2.57. The molecule has 0 aromatic carbocycles. The first-order valence-electron chi connectivity index (χ1n) is 4.21. The number of amides is 2. The maximum absolute atomic E-state index is 11.1. The molecular weight excluding hydrogens is 218 g/mol. The van der Waals surface area contributed by atoms with E-state index in [0.29, 0.717) is 0 Å². The van der Waals surface area contributed by atoms with Crippen LogP contribution < -0.4 is 10.6 Å². The number of methoxy groups -OCH3 is 1. The number of carbonyl (C=O) groups excluding carboxylic acids is 3. The van der Waals surface area contributed by atoms with Gasteiger partial charge in [-0.2, -0.15) is 5.26 Å². The first-order chi connectivity index (χ1) is 7.56. The van der Waals surface area contributed by atoms with Crippen molar-refractivity contribution < 1.29 is 24.2 Å². The van der Waals surface area contributed by atoms with Gasteiger partial charge in [-0.05, 0) is 0 Å². The molecule has 0 heterocycles. The number of hydrogen-bond donors (Lipinski definition) is 3. The van der Waals surface area contributed by atoms with Crippen molar-refractivity contribution in [3.63, 3.8) is 0 Å². The third-order valence-corrected chi connectivity index (χ3v) is 1.51. The zero-order valence-electron chi connectivity index (χ0n) is 8.52. The predicted octanol–water partition coefficient (Wildman–Crippen LogP) is -2.72. The normalized spacial score (nSPS) is 10.8. The van der Waals surface area contributed by atoms with E-state index in [2.05, 4.69) is 4.74 Å². The average molecular weight is 229 g/mol. The second kappa shape index (κ2) is 7.19. The van der Waals surface area contributed by atoms with Crippen LogP contribution in [-0.4, -0.2) is 49.2 Å². The standard InChI is InChI=1S/C8H11N3O5/c1-16-8(15)5(4-12)11-7(14)6(13)10-3-2-9/h5,12H,3-4H2,1H3,(H,10,13)(H,11,14). The van der Waals surface area contributed by atoms with Crippen LogP contribution in [0.5, 0.6) is 0 Å². The van der Waals surface area contributed by atoms with Gasteiger partial charge in [-0.1, -0.05) is 0 Å². The molecule has 0 saturated heterocycles. The Morgan fingerprint density at radius 1 is 1.44 bits per heavy atom. The Balaban J connectivity index is 4.26. The number of aliphatic hydroxyl groups excluding tert-OH is 1. The summed E-state index contributed by atoms with van der Waals surface area (Å²) in [5.41, 5.74) is 0. The van der Waals surface area contributed by atoms with E-state index in [4.69, 9.17) is 10.4 Å². The molecule has 0 aliphatic rings. The highest BCUT2D eigenvalue weighted by atomic mass is 16.5. The van der Waals surface area contributed by atoms with Crippen molar-refractivity contribution in [1.82, 2.24) is 10.6 Å². The molecule has 0 rings (SSSR count). The number of nitrogens with zero attached hydrogens (tertiary/aromatic N) is 1. The van der Waals surface area contributed by atoms with Gasteiger partial charge in [-0.3, -0.25) is 9.59 Å². The molecule has 0 saturated carbocycles. The molecular formula is C8H11N3O5. The van der Waals surface area contributed by atoms with Gasteiger partial charge in [-0.15, -0.1) is 0 Å². The van der Waals surface area contributed by atoms with Crippen molar-refractivity contribution in [2.45, 2.75) is 6.04 Å². The van der Waals surface area contributed by atoms with E-state index in [1.54, 1.807) is 6.07 Å². The molecule has 16 heavy (non-hydrogen) atoms. The van der Waals surface area contributed by atoms with Crippen LogP contribution in [0.1, 0.15) is 0 Å². The van der Waals surface area contributed by atoms with Gasteiger partial charge in [0.25, 0.3) is 0 Å². The van der Waals surface area contributed by atoms with E-state index in [1.807, 2.05) is 10.6 Å². The largest absolute Gasteiger partial charge is 0.467 e. The molecule has 1 atom stereocenters. The molecule has 0 fully saturated rings. The molecule has 1 unspecified atom stereocenters. The molecule has 0 bridgehead atoms. The maximum Gasteiger partial charge on any atom is 0.330 e. The Hall–Kier alpha value is -2.14. The molecule has 8 heteroatoms. The summed E-state index contributed by atoms with van der Waals surface area (Å²) in [6.45, 7) is -1.02. The number of aliphatic hydroxyl groups is 1. The van der Waals surface area contributed by atoms with E-state index in [-0.39, 0.29) is 6.54 Å². The van der Waals surface area contributed by atoms with Gasteiger partial charge in [0.05, 0.1) is 19.8 Å². The predicted molar refractivity (Wildman–Crippen MR) is 49.7 cm³/mol. The van der Waals surface area contributed by atoms with E-state index in [9.17, 15) is 14.4 Å². The molecule has 0 aliphatic heterocycles. The fourth-order valence-corrected chi connectivity index (χ4v) is 0.745. The topological polar surface area (TPSA) is 129 Å². The quantitative estimate of drug-likeness (QED) is 0.273. The lowest BCUT2D eigenvalue weighted by atomic mass is 10.3. The van der Waals surface area contributed by atoms with E-state index in [1.165, 1.54) is 0 Å². The van der Waals surface area contributed by atoms with Crippen LogP contribution in [-0.2, 0) is 19.1 Å². The van der Waals surface area contributed by atoms with Crippen LogP contribution in [0.25, 0.3) is 0 Å². The van der Waals surface area contributed by atoms with Crippen molar-refractivity contribution in [3.8, 4) is 6.07 Å². The first kappa shape index (κ1) is 13.9.